The first-order valence-electron chi connectivity index (χ1n) is 44.8. The molecule has 0 bridgehead atoms. The van der Waals surface area contributed by atoms with Gasteiger partial charge < -0.3 is 28.7 Å². The van der Waals surface area contributed by atoms with Gasteiger partial charge in [0.05, 0.1) is 27.8 Å². The third-order valence-electron chi connectivity index (χ3n) is 25.6. The van der Waals surface area contributed by atoms with Crippen molar-refractivity contribution in [3.05, 3.63) is 470 Å². The van der Waals surface area contributed by atoms with Gasteiger partial charge in [0.1, 0.15) is 0 Å². The minimum Gasteiger partial charge on any atom is -0.310 e. The van der Waals surface area contributed by atoms with Crippen LogP contribution >= 0.6 is 0 Å². The predicted octanol–water partition coefficient (Wildman–Crippen LogP) is 31.6. The van der Waals surface area contributed by atoms with Gasteiger partial charge in [0.25, 0.3) is 0 Å². The van der Waals surface area contributed by atoms with E-state index in [1.165, 1.54) is 0 Å². The van der Waals surface area contributed by atoms with E-state index in [9.17, 15) is 0 Å². The van der Waals surface area contributed by atoms with Crippen LogP contribution in [0.2, 0.25) is 0 Å². The van der Waals surface area contributed by atoms with Crippen LogP contribution in [0.5, 0.6) is 0 Å². The maximum Gasteiger partial charge on any atom is 0.164 e. The Kier molecular flexibility index (Phi) is 21.1. The first-order valence-corrected chi connectivity index (χ1v) is 44.8. The van der Waals surface area contributed by atoms with Crippen LogP contribution in [-0.2, 0) is 0 Å². The molecule has 0 fully saturated rings. The Bertz CT molecular complexity index is 7830. The lowest BCUT2D eigenvalue weighted by atomic mass is 9.95. The van der Waals surface area contributed by atoms with Crippen molar-refractivity contribution in [3.63, 3.8) is 0 Å². The summed E-state index contributed by atoms with van der Waals surface area (Å²) in [7, 11) is 0. The lowest BCUT2D eigenvalue weighted by Gasteiger charge is -2.26. The molecule has 22 aromatic rings. The lowest BCUT2D eigenvalue weighted by Crippen LogP contribution is -2.10. The van der Waals surface area contributed by atoms with E-state index in [2.05, 4.69) is 434 Å². The maximum atomic E-state index is 5.27. The molecule has 0 N–H and O–H groups in total. The van der Waals surface area contributed by atoms with E-state index in [0.717, 1.165) is 201 Å². The number of nitrogens with zero attached hydrogens (tertiary/aromatic N) is 12. The lowest BCUT2D eigenvalue weighted by molar-refractivity contribution is 1.06. The molecule has 0 aliphatic heterocycles. The van der Waals surface area contributed by atoms with Crippen molar-refractivity contribution in [2.24, 2.45) is 0 Å². The van der Waals surface area contributed by atoms with Crippen molar-refractivity contribution in [2.75, 3.05) is 19.6 Å². The van der Waals surface area contributed by atoms with Crippen molar-refractivity contribution in [2.45, 2.75) is 41.5 Å². The van der Waals surface area contributed by atoms with E-state index in [1.54, 1.807) is 0 Å². The minimum atomic E-state index is 0.625. The summed E-state index contributed by atoms with van der Waals surface area (Å²) in [6, 6.07) is 155. The molecule has 18 aromatic carbocycles. The molecular formula is C120H90N12. The Labute approximate surface area is 768 Å². The van der Waals surface area contributed by atoms with Crippen molar-refractivity contribution < 1.29 is 0 Å². The van der Waals surface area contributed by atoms with Gasteiger partial charge in [-0.2, -0.15) is 0 Å². The number of hydrogen-bond donors (Lipinski definition) is 0. The highest BCUT2D eigenvalue weighted by Crippen LogP contribution is 2.49. The first kappa shape index (κ1) is 80.6. The van der Waals surface area contributed by atoms with Gasteiger partial charge in [-0.1, -0.05) is 255 Å². The number of fused-ring (bicyclic) bond motifs is 6. The fourth-order valence-electron chi connectivity index (χ4n) is 19.0. The molecule has 630 valence electrons. The summed E-state index contributed by atoms with van der Waals surface area (Å²) in [6.45, 7) is 13.3. The van der Waals surface area contributed by atoms with Crippen molar-refractivity contribution >= 4 is 112 Å². The number of aromatic nitrogens is 8. The van der Waals surface area contributed by atoms with Crippen LogP contribution in [0.25, 0.3) is 134 Å². The Hall–Kier alpha value is -17.2. The standard InChI is InChI=1S/C120H90N12/c1-79-74-112(82(4)83(5)113(79)120-125-117(89-41-21-9-22-42-89)122-118(126-120)90-43-23-10-24-44-90)131-108-69-65-99(127(91-45-25-11-26-46-91)92-47-27-12-28-48-92)75-104(108)105-76-101(66-70-109(105)131)129(95-53-33-15-34-54-95)97-61-57-85(58-62-97)86-59-63-98(64-60-86)130(96-55-35-16-36-56-96)102-68-72-111-107(78-102)106-77-100(128(93-49-29-13-30-50-93)94-51-31-14-32-52-94)67-71-110(106)132(111)114-80(2)73-103(81(3)84(114)6)119-123-115(87-37-17-7-18-38-87)121-116(124-119)88-39-19-8-20-40-88/h7-78H,1-6H3. The zero-order valence-corrected chi connectivity index (χ0v) is 73.9. The third kappa shape index (κ3) is 15.0. The van der Waals surface area contributed by atoms with Gasteiger partial charge in [-0.15, -0.1) is 0 Å². The highest BCUT2D eigenvalue weighted by Gasteiger charge is 2.29. The molecule has 132 heavy (non-hydrogen) atoms. The highest BCUT2D eigenvalue weighted by atomic mass is 15.2. The van der Waals surface area contributed by atoms with Gasteiger partial charge in [-0.05, 0) is 268 Å². The fraction of sp³-hybridized carbons (Fsp3) is 0.0500. The van der Waals surface area contributed by atoms with Crippen molar-refractivity contribution in [1.82, 2.24) is 39.0 Å². The molecule has 0 spiro atoms. The van der Waals surface area contributed by atoms with Crippen LogP contribution in [0.1, 0.15) is 33.4 Å². The van der Waals surface area contributed by atoms with E-state index in [-0.39, 0.29) is 0 Å². The molecule has 0 amide bonds. The second-order valence-corrected chi connectivity index (χ2v) is 33.7. The Morgan fingerprint density at radius 3 is 0.727 bits per heavy atom. The molecule has 4 heterocycles. The van der Waals surface area contributed by atoms with Crippen LogP contribution in [0.4, 0.5) is 68.2 Å². The van der Waals surface area contributed by atoms with E-state index >= 15 is 0 Å². The first-order chi connectivity index (χ1) is 65.0. The Morgan fingerprint density at radius 1 is 0.182 bits per heavy atom. The summed E-state index contributed by atoms with van der Waals surface area (Å²) < 4.78 is 4.94. The molecule has 12 heteroatoms. The number of benzene rings is 18. The summed E-state index contributed by atoms with van der Waals surface area (Å²) in [6.07, 6.45) is 0. The van der Waals surface area contributed by atoms with E-state index in [0.29, 0.717) is 34.9 Å². The predicted molar refractivity (Wildman–Crippen MR) is 547 cm³/mol. The Balaban J connectivity index is 0.644. The molecule has 0 saturated carbocycles. The van der Waals surface area contributed by atoms with Gasteiger partial charge in [-0.25, -0.2) is 29.9 Å². The van der Waals surface area contributed by atoms with Crippen LogP contribution in [-0.4, -0.2) is 39.0 Å². The van der Waals surface area contributed by atoms with Gasteiger partial charge in [0, 0.05) is 129 Å². The zero-order chi connectivity index (χ0) is 88.9. The van der Waals surface area contributed by atoms with Gasteiger partial charge in [-0.3, -0.25) is 0 Å². The van der Waals surface area contributed by atoms with Crippen molar-refractivity contribution in [3.8, 4) is 90.8 Å². The molecule has 22 rings (SSSR count). The Morgan fingerprint density at radius 2 is 0.432 bits per heavy atom. The second-order valence-electron chi connectivity index (χ2n) is 33.7. The van der Waals surface area contributed by atoms with E-state index in [1.807, 2.05) is 72.8 Å². The van der Waals surface area contributed by atoms with E-state index < -0.39 is 0 Å². The molecule has 0 aliphatic carbocycles. The van der Waals surface area contributed by atoms with Gasteiger partial charge >= 0.3 is 0 Å². The number of anilines is 12. The molecule has 0 atom stereocenters. The molecule has 0 saturated heterocycles. The average Bonchev–Trinajstić information content (AvgIpc) is 1.56. The number of hydrogen-bond acceptors (Lipinski definition) is 10. The van der Waals surface area contributed by atoms with E-state index in [4.69, 9.17) is 29.9 Å². The summed E-state index contributed by atoms with van der Waals surface area (Å²) in [5.41, 5.74) is 33.4. The molecular weight excluding hydrogens is 1610 g/mol. The third-order valence-corrected chi connectivity index (χ3v) is 25.6. The van der Waals surface area contributed by atoms with Gasteiger partial charge in [0.15, 0.2) is 34.9 Å². The molecule has 0 radical (unpaired) electrons. The summed E-state index contributed by atoms with van der Waals surface area (Å²) in [5, 5.41) is 4.44. The van der Waals surface area contributed by atoms with Crippen LogP contribution in [0.3, 0.4) is 0 Å². The summed E-state index contributed by atoms with van der Waals surface area (Å²) >= 11 is 0. The molecule has 0 unspecified atom stereocenters. The number of rotatable bonds is 21. The highest BCUT2D eigenvalue weighted by molar-refractivity contribution is 6.14. The summed E-state index contributed by atoms with van der Waals surface area (Å²) in [5.74, 6) is 3.77. The zero-order valence-electron chi connectivity index (χ0n) is 73.9. The van der Waals surface area contributed by atoms with Crippen molar-refractivity contribution in [1.29, 1.82) is 0 Å². The molecule has 12 nitrogen and oxygen atoms in total. The summed E-state index contributed by atoms with van der Waals surface area (Å²) in [4.78, 5) is 40.6. The topological polar surface area (TPSA) is 100 Å². The average molecular weight is 1700 g/mol. The van der Waals surface area contributed by atoms with Crippen LogP contribution in [0.15, 0.2) is 437 Å². The number of aryl methyl sites for hydroxylation is 2. The largest absolute Gasteiger partial charge is 0.310 e. The molecule has 4 aromatic heterocycles. The maximum absolute atomic E-state index is 5.27. The normalized spacial score (nSPS) is 11.4. The van der Waals surface area contributed by atoms with Gasteiger partial charge in [0.2, 0.25) is 0 Å². The minimum absolute atomic E-state index is 0.625. The van der Waals surface area contributed by atoms with Crippen LogP contribution in [0, 0.1) is 41.5 Å². The molecule has 0 aliphatic rings. The number of para-hydroxylation sites is 6. The smallest absolute Gasteiger partial charge is 0.164 e. The monoisotopic (exact) mass is 1700 g/mol. The SMILES string of the molecule is Cc1cc(-n2c3ccc(N(c4ccccc4)c4ccccc4)cc3c3cc(N(c4ccccc4)c4ccc(-c5ccc(N(c6ccccc6)c6ccc7c(c6)c6cc(N(c8ccccc8)c8ccccc8)ccc6n7-c6c(C)cc(-c7nc(-c8ccccc8)nc(-c8ccccc8)n7)c(C)c6C)cc5)cc4)ccc32)c(C)c(C)c1-c1nc(-c2ccccc2)nc(-c2ccccc2)n1. The van der Waals surface area contributed by atoms with Crippen LogP contribution < -0.4 is 19.6 Å². The second kappa shape index (κ2) is 34.5. The quantitative estimate of drug-likeness (QED) is 0.0691. The fourth-order valence-corrected chi connectivity index (χ4v) is 19.0.